The molecule has 0 fully saturated rings. The van der Waals surface area contributed by atoms with Crippen LogP contribution in [0.15, 0.2) is 48.5 Å². The van der Waals surface area contributed by atoms with Gasteiger partial charge >= 0.3 is 65.7 Å². The van der Waals surface area contributed by atoms with Crippen LogP contribution >= 0.6 is 0 Å². The van der Waals surface area contributed by atoms with Crippen molar-refractivity contribution in [2.75, 3.05) is 172 Å². The summed E-state index contributed by atoms with van der Waals surface area (Å²) in [4.78, 5) is 172. The summed E-state index contributed by atoms with van der Waals surface area (Å²) in [7, 11) is 0. The third kappa shape index (κ3) is 45.6. The van der Waals surface area contributed by atoms with Gasteiger partial charge in [0, 0.05) is 38.1 Å². The second kappa shape index (κ2) is 57.4. The van der Waals surface area contributed by atoms with Crippen LogP contribution in [0.1, 0.15) is 133 Å². The Labute approximate surface area is 668 Å². The number of urea groups is 1. The molecule has 116 heavy (non-hydrogen) atoms. The number of nitrogens with one attached hydrogen (secondary N) is 5. The number of hydrogen-bond acceptors (Lipinski definition) is 27. The van der Waals surface area contributed by atoms with E-state index in [2.05, 4.69) is 26.6 Å². The molecule has 0 atom stereocenters. The van der Waals surface area contributed by atoms with E-state index in [-0.39, 0.29) is 90.9 Å². The highest BCUT2D eigenvalue weighted by Crippen LogP contribution is 2.44. The first-order valence-electron chi connectivity index (χ1n) is 37.6. The zero-order chi connectivity index (χ0) is 85.5. The standard InChI is InChI=1S/C75H111N5O36/c81-58(77-72(41-107-31-18-61(84)85,42-108-32-19-62(86)87)43-109-33-20-63(88)89)15-28-104-50-75(51-105-29-16-59(82)78-73(44-110-34-21-64(90)91,45-111-35-22-65(92)93)46-112-36-23-66(94)95,52-106-30-17-60(83)79-74(47-113-37-24-67(96)97,48-114-38-25-68(98)99)49-115-39-26-69(100)101)80-71(103)76-27-9-3-1-2-4-14-70(102)116-40-57-55-12-7-5-10-53(55)54-11-6-8-13-56(54)57/h5-8,10-13,57H,1-4,9,14-52H2,(H,77,81)(H,78,82)(H,79,83)(H,84,85)(H,86,87)(H,88,89)(H,90,91)(H,92,93)(H,94,95)(H,96,97)(H,98,99)(H,100,101)(H2,76,80,103). The maximum atomic E-state index is 14.3. The molecule has 0 unspecified atom stereocenters. The van der Waals surface area contributed by atoms with Gasteiger partial charge in [0.2, 0.25) is 17.7 Å². The summed E-state index contributed by atoms with van der Waals surface area (Å²) >= 11 is 0. The van der Waals surface area contributed by atoms with Crippen LogP contribution in [0.25, 0.3) is 11.1 Å². The molecule has 3 rings (SSSR count). The molecule has 1 aliphatic carbocycles. The second-order valence-corrected chi connectivity index (χ2v) is 27.2. The van der Waals surface area contributed by atoms with E-state index < -0.39 is 276 Å². The van der Waals surface area contributed by atoms with Gasteiger partial charge < -0.3 is 134 Å². The van der Waals surface area contributed by atoms with Crippen LogP contribution in [-0.4, -0.2) is 323 Å². The molecular weight excluding hydrogens is 1550 g/mol. The van der Waals surface area contributed by atoms with Gasteiger partial charge in [-0.05, 0) is 35.1 Å². The minimum Gasteiger partial charge on any atom is -0.481 e. The molecule has 0 spiro atoms. The van der Waals surface area contributed by atoms with E-state index in [0.717, 1.165) is 22.3 Å². The fraction of sp³-hybridized carbons (Fsp3) is 0.653. The minimum absolute atomic E-state index is 0.0584. The number of fused-ring (bicyclic) bond motifs is 3. The van der Waals surface area contributed by atoms with Gasteiger partial charge in [-0.2, -0.15) is 0 Å². The Morgan fingerprint density at radius 3 is 0.759 bits per heavy atom. The number of carbonyl (C=O) groups excluding carboxylic acids is 5. The average Bonchev–Trinajstić information content (AvgIpc) is 1.62. The van der Waals surface area contributed by atoms with E-state index in [1.54, 1.807) is 0 Å². The number of carbonyl (C=O) groups is 14. The zero-order valence-corrected chi connectivity index (χ0v) is 64.9. The molecule has 0 saturated heterocycles. The molecule has 0 aliphatic heterocycles. The maximum Gasteiger partial charge on any atom is 0.315 e. The monoisotopic (exact) mass is 1660 g/mol. The van der Waals surface area contributed by atoms with Crippen molar-refractivity contribution in [3.8, 4) is 11.1 Å². The van der Waals surface area contributed by atoms with Crippen molar-refractivity contribution in [2.45, 2.75) is 144 Å². The number of amides is 5. The predicted molar refractivity (Wildman–Crippen MR) is 398 cm³/mol. The van der Waals surface area contributed by atoms with Crippen molar-refractivity contribution in [3.05, 3.63) is 59.7 Å². The largest absolute Gasteiger partial charge is 0.481 e. The lowest BCUT2D eigenvalue weighted by molar-refractivity contribution is -0.144. The highest BCUT2D eigenvalue weighted by atomic mass is 16.6. The van der Waals surface area contributed by atoms with Crippen LogP contribution in [0, 0.1) is 0 Å². The summed E-state index contributed by atoms with van der Waals surface area (Å²) in [5, 5.41) is 97.4. The zero-order valence-electron chi connectivity index (χ0n) is 64.9. The molecule has 0 aromatic heterocycles. The number of aliphatic carboxylic acids is 9. The van der Waals surface area contributed by atoms with Crippen molar-refractivity contribution >= 4 is 83.4 Å². The average molecular weight is 1660 g/mol. The number of rotatable bonds is 74. The summed E-state index contributed by atoms with van der Waals surface area (Å²) in [6, 6.07) is 15.1. The summed E-state index contributed by atoms with van der Waals surface area (Å²) in [6.07, 6.45) is -3.09. The molecular formula is C75H111N5O36. The Bertz CT molecular complexity index is 2950. The van der Waals surface area contributed by atoms with Crippen LogP contribution in [0.4, 0.5) is 4.79 Å². The lowest BCUT2D eigenvalue weighted by Crippen LogP contribution is -2.61. The van der Waals surface area contributed by atoms with Gasteiger partial charge in [-0.25, -0.2) is 4.79 Å². The van der Waals surface area contributed by atoms with Crippen LogP contribution < -0.4 is 26.6 Å². The molecule has 2 aromatic rings. The Hall–Kier alpha value is -9.66. The molecule has 14 N–H and O–H groups in total. The number of unbranched alkanes of at least 4 members (excludes halogenated alkanes) is 4. The summed E-state index contributed by atoms with van der Waals surface area (Å²) < 4.78 is 74.7. The molecule has 0 saturated carbocycles. The van der Waals surface area contributed by atoms with Gasteiger partial charge in [0.25, 0.3) is 0 Å². The number of benzene rings is 2. The fourth-order valence-corrected chi connectivity index (χ4v) is 11.2. The Morgan fingerprint density at radius 1 is 0.276 bits per heavy atom. The molecule has 652 valence electrons. The lowest BCUT2D eigenvalue weighted by atomic mass is 9.98. The van der Waals surface area contributed by atoms with E-state index >= 15 is 0 Å². The van der Waals surface area contributed by atoms with E-state index in [9.17, 15) is 113 Å². The van der Waals surface area contributed by atoms with Gasteiger partial charge in [-0.3, -0.25) is 62.3 Å². The van der Waals surface area contributed by atoms with Crippen molar-refractivity contribution < 1.29 is 175 Å². The highest BCUT2D eigenvalue weighted by Gasteiger charge is 2.39. The van der Waals surface area contributed by atoms with Crippen molar-refractivity contribution in [3.63, 3.8) is 0 Å². The third-order valence-electron chi connectivity index (χ3n) is 16.9. The van der Waals surface area contributed by atoms with Crippen LogP contribution in [0.2, 0.25) is 0 Å². The molecule has 41 heteroatoms. The van der Waals surface area contributed by atoms with Gasteiger partial charge in [0.05, 0.1) is 216 Å². The SMILES string of the molecule is O=C(O)CCOCC(COCCC(=O)O)(COCCC(=O)O)NC(=O)CCOCC(COCCC(=O)NC(COCCC(=O)O)(COCCC(=O)O)COCCC(=O)O)(COCCC(=O)NC(COCCC(=O)O)(COCCC(=O)O)COCCC(=O)O)NC(=O)NCCCCCCCC(=O)OCC1c2ccccc2-c2ccccc21. The van der Waals surface area contributed by atoms with Crippen LogP contribution in [0.5, 0.6) is 0 Å². The molecule has 2 aromatic carbocycles. The second-order valence-electron chi connectivity index (χ2n) is 27.2. The van der Waals surface area contributed by atoms with Gasteiger partial charge in [0.1, 0.15) is 28.8 Å². The summed E-state index contributed by atoms with van der Waals surface area (Å²) in [5.74, 6) is -14.1. The minimum atomic E-state index is -1.90. The van der Waals surface area contributed by atoms with E-state index in [1.807, 2.05) is 48.5 Å². The molecule has 41 nitrogen and oxygen atoms in total. The summed E-state index contributed by atoms with van der Waals surface area (Å²) in [5.41, 5.74) is -2.73. The van der Waals surface area contributed by atoms with E-state index in [0.29, 0.717) is 32.1 Å². The molecule has 0 radical (unpaired) electrons. The van der Waals surface area contributed by atoms with Crippen molar-refractivity contribution in [1.82, 2.24) is 26.6 Å². The number of hydrogen-bond donors (Lipinski definition) is 14. The van der Waals surface area contributed by atoms with Crippen molar-refractivity contribution in [1.29, 1.82) is 0 Å². The molecule has 5 amide bonds. The highest BCUT2D eigenvalue weighted by molar-refractivity contribution is 5.80. The van der Waals surface area contributed by atoms with Crippen molar-refractivity contribution in [2.24, 2.45) is 0 Å². The Balaban J connectivity index is 2.03. The van der Waals surface area contributed by atoms with Gasteiger partial charge in [0.15, 0.2) is 0 Å². The molecule has 0 heterocycles. The van der Waals surface area contributed by atoms with Crippen LogP contribution in [-0.2, 0) is 124 Å². The van der Waals surface area contributed by atoms with Gasteiger partial charge in [-0.15, -0.1) is 0 Å². The first-order valence-corrected chi connectivity index (χ1v) is 37.6. The van der Waals surface area contributed by atoms with E-state index in [4.69, 9.17) is 61.6 Å². The normalized spacial score (nSPS) is 12.1. The third-order valence-corrected chi connectivity index (χ3v) is 16.9. The topological polar surface area (TPSA) is 601 Å². The maximum absolute atomic E-state index is 14.3. The molecule has 0 bridgehead atoms. The first kappa shape index (κ1) is 101. The Kier molecular flexibility index (Phi) is 49.8. The lowest BCUT2D eigenvalue weighted by Gasteiger charge is -2.35. The number of carboxylic acid groups (broad SMARTS) is 9. The van der Waals surface area contributed by atoms with Gasteiger partial charge in [-0.1, -0.05) is 67.8 Å². The Morgan fingerprint density at radius 2 is 0.500 bits per heavy atom. The smallest absolute Gasteiger partial charge is 0.315 e. The van der Waals surface area contributed by atoms with Crippen LogP contribution in [0.3, 0.4) is 0 Å². The number of carboxylic acids is 9. The first-order chi connectivity index (χ1) is 55.4. The number of esters is 1. The number of ether oxygens (including phenoxy) is 13. The van der Waals surface area contributed by atoms with E-state index in [1.165, 1.54) is 0 Å². The predicted octanol–water partition coefficient (Wildman–Crippen LogP) is 1.93. The quantitative estimate of drug-likeness (QED) is 0.0332. The molecule has 1 aliphatic rings. The fourth-order valence-electron chi connectivity index (χ4n) is 11.2. The summed E-state index contributed by atoms with van der Waals surface area (Å²) in [6.45, 7) is -11.3.